The molecule has 1 atom stereocenters. The maximum atomic E-state index is 12.6. The Morgan fingerprint density at radius 2 is 1.72 bits per heavy atom. The van der Waals surface area contributed by atoms with E-state index in [1.165, 1.54) is 0 Å². The van der Waals surface area contributed by atoms with Crippen LogP contribution in [0.4, 0.5) is 5.69 Å². The predicted molar refractivity (Wildman–Crippen MR) is 98.9 cm³/mol. The van der Waals surface area contributed by atoms with Crippen LogP contribution in [0.5, 0.6) is 5.75 Å². The maximum absolute atomic E-state index is 12.6. The summed E-state index contributed by atoms with van der Waals surface area (Å²) < 4.78 is 5.16. The number of carbonyl (C=O) groups is 2. The van der Waals surface area contributed by atoms with Crippen molar-refractivity contribution in [3.8, 4) is 5.75 Å². The molecule has 0 heterocycles. The molecule has 0 bridgehead atoms. The van der Waals surface area contributed by atoms with Crippen molar-refractivity contribution in [2.45, 2.75) is 26.8 Å². The van der Waals surface area contributed by atoms with Crippen molar-refractivity contribution in [1.82, 2.24) is 5.32 Å². The van der Waals surface area contributed by atoms with Crippen molar-refractivity contribution in [3.05, 3.63) is 59.7 Å². The Balaban J connectivity index is 2.09. The smallest absolute Gasteiger partial charge is 0.251 e. The first-order valence-corrected chi connectivity index (χ1v) is 8.23. The lowest BCUT2D eigenvalue weighted by Crippen LogP contribution is -2.47. The molecule has 2 rings (SSSR count). The Labute approximate surface area is 148 Å². The second-order valence-corrected chi connectivity index (χ2v) is 6.28. The van der Waals surface area contributed by atoms with Gasteiger partial charge in [-0.15, -0.1) is 0 Å². The average molecular weight is 340 g/mol. The number of carbonyl (C=O) groups excluding carboxylic acids is 2. The average Bonchev–Trinajstić information content (AvgIpc) is 2.59. The number of amides is 2. The largest absolute Gasteiger partial charge is 0.497 e. The molecule has 2 aromatic rings. The van der Waals surface area contributed by atoms with Gasteiger partial charge in [0, 0.05) is 17.3 Å². The molecule has 25 heavy (non-hydrogen) atoms. The lowest BCUT2D eigenvalue weighted by atomic mass is 10.0. The summed E-state index contributed by atoms with van der Waals surface area (Å²) in [5, 5.41) is 5.65. The van der Waals surface area contributed by atoms with Crippen LogP contribution in [0.2, 0.25) is 0 Å². The minimum absolute atomic E-state index is 0.0555. The fourth-order valence-electron chi connectivity index (χ4n) is 2.39. The van der Waals surface area contributed by atoms with Crippen LogP contribution in [0.3, 0.4) is 0 Å². The van der Waals surface area contributed by atoms with Gasteiger partial charge < -0.3 is 15.4 Å². The first kappa shape index (κ1) is 18.5. The minimum Gasteiger partial charge on any atom is -0.497 e. The predicted octanol–water partition coefficient (Wildman–Crippen LogP) is 3.40. The highest BCUT2D eigenvalue weighted by molar-refractivity contribution is 6.01. The van der Waals surface area contributed by atoms with Gasteiger partial charge in [-0.25, -0.2) is 0 Å². The molecule has 0 fully saturated rings. The standard InChI is InChI=1S/C20H24N2O3/c1-13(2)18(22-19(23)15-10-8-14(3)9-11-15)20(24)21-16-6-5-7-17(12-16)25-4/h5-13,18H,1-4H3,(H,21,24)(H,22,23). The van der Waals surface area contributed by atoms with E-state index < -0.39 is 6.04 Å². The Morgan fingerprint density at radius 1 is 1.04 bits per heavy atom. The fourth-order valence-corrected chi connectivity index (χ4v) is 2.39. The highest BCUT2D eigenvalue weighted by Gasteiger charge is 2.24. The lowest BCUT2D eigenvalue weighted by molar-refractivity contribution is -0.118. The monoisotopic (exact) mass is 340 g/mol. The lowest BCUT2D eigenvalue weighted by Gasteiger charge is -2.22. The second-order valence-electron chi connectivity index (χ2n) is 6.28. The summed E-state index contributed by atoms with van der Waals surface area (Å²) in [4.78, 5) is 25.0. The van der Waals surface area contributed by atoms with E-state index in [1.807, 2.05) is 32.9 Å². The zero-order chi connectivity index (χ0) is 18.4. The van der Waals surface area contributed by atoms with Crippen LogP contribution in [0, 0.1) is 12.8 Å². The zero-order valence-corrected chi connectivity index (χ0v) is 15.0. The molecule has 0 aliphatic rings. The molecular weight excluding hydrogens is 316 g/mol. The highest BCUT2D eigenvalue weighted by atomic mass is 16.5. The van der Waals surface area contributed by atoms with Gasteiger partial charge >= 0.3 is 0 Å². The normalized spacial score (nSPS) is 11.7. The molecule has 2 N–H and O–H groups in total. The van der Waals surface area contributed by atoms with Crippen molar-refractivity contribution in [2.75, 3.05) is 12.4 Å². The van der Waals surface area contributed by atoms with Crippen LogP contribution in [0.1, 0.15) is 29.8 Å². The molecule has 132 valence electrons. The third-order valence-electron chi connectivity index (χ3n) is 3.89. The SMILES string of the molecule is COc1cccc(NC(=O)C(NC(=O)c2ccc(C)cc2)C(C)C)c1. The van der Waals surface area contributed by atoms with E-state index in [9.17, 15) is 9.59 Å². The molecule has 1 unspecified atom stereocenters. The fraction of sp³-hybridized carbons (Fsp3) is 0.300. The molecule has 0 spiro atoms. The molecule has 2 amide bonds. The molecule has 0 radical (unpaired) electrons. The van der Waals surface area contributed by atoms with E-state index in [0.29, 0.717) is 17.0 Å². The number of ether oxygens (including phenoxy) is 1. The van der Waals surface area contributed by atoms with Crippen LogP contribution in [0.25, 0.3) is 0 Å². The van der Waals surface area contributed by atoms with Crippen LogP contribution in [-0.2, 0) is 4.79 Å². The number of nitrogens with one attached hydrogen (secondary N) is 2. The number of aryl methyl sites for hydroxylation is 1. The molecule has 5 nitrogen and oxygen atoms in total. The van der Waals surface area contributed by atoms with Gasteiger partial charge in [-0.2, -0.15) is 0 Å². The van der Waals surface area contributed by atoms with Gasteiger partial charge in [0.2, 0.25) is 5.91 Å². The molecule has 0 aliphatic carbocycles. The Bertz CT molecular complexity index is 739. The Morgan fingerprint density at radius 3 is 2.32 bits per heavy atom. The topological polar surface area (TPSA) is 67.4 Å². The van der Waals surface area contributed by atoms with E-state index in [4.69, 9.17) is 4.74 Å². The molecule has 0 saturated heterocycles. The van der Waals surface area contributed by atoms with Gasteiger partial charge in [0.1, 0.15) is 11.8 Å². The third kappa shape index (κ3) is 5.08. The van der Waals surface area contributed by atoms with Crippen molar-refractivity contribution < 1.29 is 14.3 Å². The van der Waals surface area contributed by atoms with Gasteiger partial charge in [0.15, 0.2) is 0 Å². The number of hydrogen-bond acceptors (Lipinski definition) is 3. The summed E-state index contributed by atoms with van der Waals surface area (Å²) in [6, 6.07) is 13.7. The summed E-state index contributed by atoms with van der Waals surface area (Å²) in [5.41, 5.74) is 2.23. The molecule has 5 heteroatoms. The quantitative estimate of drug-likeness (QED) is 0.847. The maximum Gasteiger partial charge on any atom is 0.251 e. The summed E-state index contributed by atoms with van der Waals surface area (Å²) in [5.74, 6) is 0.0748. The summed E-state index contributed by atoms with van der Waals surface area (Å²) in [6.07, 6.45) is 0. The van der Waals surface area contributed by atoms with E-state index in [-0.39, 0.29) is 17.7 Å². The van der Waals surface area contributed by atoms with Gasteiger partial charge in [0.05, 0.1) is 7.11 Å². The highest BCUT2D eigenvalue weighted by Crippen LogP contribution is 2.17. The summed E-state index contributed by atoms with van der Waals surface area (Å²) >= 11 is 0. The number of methoxy groups -OCH3 is 1. The van der Waals surface area contributed by atoms with Gasteiger partial charge in [0.25, 0.3) is 5.91 Å². The summed E-state index contributed by atoms with van der Waals surface area (Å²) in [7, 11) is 1.57. The van der Waals surface area contributed by atoms with Crippen molar-refractivity contribution in [2.24, 2.45) is 5.92 Å². The Kier molecular flexibility index (Phi) is 6.17. The van der Waals surface area contributed by atoms with Crippen LogP contribution in [0.15, 0.2) is 48.5 Å². The molecule has 0 aromatic heterocycles. The first-order valence-electron chi connectivity index (χ1n) is 8.23. The number of benzene rings is 2. The van der Waals surface area contributed by atoms with Crippen molar-refractivity contribution >= 4 is 17.5 Å². The van der Waals surface area contributed by atoms with Crippen LogP contribution < -0.4 is 15.4 Å². The van der Waals surface area contributed by atoms with Crippen LogP contribution >= 0.6 is 0 Å². The molecule has 0 saturated carbocycles. The zero-order valence-electron chi connectivity index (χ0n) is 15.0. The number of anilines is 1. The number of rotatable bonds is 6. The first-order chi connectivity index (χ1) is 11.9. The van der Waals surface area contributed by atoms with E-state index in [1.54, 1.807) is 43.5 Å². The third-order valence-corrected chi connectivity index (χ3v) is 3.89. The van der Waals surface area contributed by atoms with Gasteiger partial charge in [-0.3, -0.25) is 9.59 Å². The minimum atomic E-state index is -0.639. The van der Waals surface area contributed by atoms with Crippen molar-refractivity contribution in [1.29, 1.82) is 0 Å². The summed E-state index contributed by atoms with van der Waals surface area (Å²) in [6.45, 7) is 5.75. The number of hydrogen-bond donors (Lipinski definition) is 2. The van der Waals surface area contributed by atoms with E-state index >= 15 is 0 Å². The molecular formula is C20H24N2O3. The van der Waals surface area contributed by atoms with E-state index in [2.05, 4.69) is 10.6 Å². The van der Waals surface area contributed by atoms with E-state index in [0.717, 1.165) is 5.56 Å². The Hall–Kier alpha value is -2.82. The van der Waals surface area contributed by atoms with Gasteiger partial charge in [-0.1, -0.05) is 37.6 Å². The molecule has 0 aliphatic heterocycles. The molecule has 2 aromatic carbocycles. The van der Waals surface area contributed by atoms with Crippen molar-refractivity contribution in [3.63, 3.8) is 0 Å². The second kappa shape index (κ2) is 8.33. The van der Waals surface area contributed by atoms with Crippen LogP contribution in [-0.4, -0.2) is 25.0 Å². The van der Waals surface area contributed by atoms with Gasteiger partial charge in [-0.05, 0) is 37.1 Å².